The van der Waals surface area contributed by atoms with Gasteiger partial charge in [0, 0.05) is 24.2 Å². The Balaban J connectivity index is 1.62. The maximum atomic E-state index is 13.4. The predicted molar refractivity (Wildman–Crippen MR) is 147 cm³/mol. The van der Waals surface area contributed by atoms with Gasteiger partial charge in [-0.05, 0) is 64.6 Å². The molecule has 1 heterocycles. The molecular formula is C32H27F4NO4. The van der Waals surface area contributed by atoms with Gasteiger partial charge in [-0.15, -0.1) is 13.2 Å². The Bertz CT molecular complexity index is 1540. The summed E-state index contributed by atoms with van der Waals surface area (Å²) < 4.78 is 56.5. The summed E-state index contributed by atoms with van der Waals surface area (Å²) in [5.74, 6) is -1.35. The van der Waals surface area contributed by atoms with Crippen molar-refractivity contribution in [2.45, 2.75) is 24.3 Å². The van der Waals surface area contributed by atoms with Crippen LogP contribution in [0.25, 0.3) is 11.1 Å². The largest absolute Gasteiger partial charge is 0.573 e. The third-order valence-corrected chi connectivity index (χ3v) is 7.35. The highest BCUT2D eigenvalue weighted by Crippen LogP contribution is 2.48. The number of carboxylic acid groups (broad SMARTS) is 1. The second-order valence-corrected chi connectivity index (χ2v) is 10.1. The van der Waals surface area contributed by atoms with Gasteiger partial charge in [-0.25, -0.2) is 9.18 Å². The zero-order chi connectivity index (χ0) is 29.2. The summed E-state index contributed by atoms with van der Waals surface area (Å²) in [6, 6.07) is 27.6. The van der Waals surface area contributed by atoms with Gasteiger partial charge in [0.05, 0.1) is 11.7 Å². The summed E-state index contributed by atoms with van der Waals surface area (Å²) in [5.41, 5.74) is 4.17. The number of hydrogen-bond acceptors (Lipinski definition) is 4. The summed E-state index contributed by atoms with van der Waals surface area (Å²) >= 11 is 0. The molecule has 0 fully saturated rings. The average Bonchev–Trinajstić information content (AvgIpc) is 3.26. The van der Waals surface area contributed by atoms with E-state index >= 15 is 0 Å². The minimum Gasteiger partial charge on any atom is -0.478 e. The fourth-order valence-corrected chi connectivity index (χ4v) is 5.62. The molecule has 5 rings (SSSR count). The quantitative estimate of drug-likeness (QED) is 0.223. The second-order valence-electron chi connectivity index (χ2n) is 10.1. The number of carboxylic acids is 1. The van der Waals surface area contributed by atoms with Crippen molar-refractivity contribution in [1.29, 1.82) is 0 Å². The highest BCUT2D eigenvalue weighted by atomic mass is 19.4. The van der Waals surface area contributed by atoms with Crippen molar-refractivity contribution in [3.05, 3.63) is 119 Å². The number of carbonyl (C=O) groups is 1. The van der Waals surface area contributed by atoms with Crippen molar-refractivity contribution in [3.63, 3.8) is 0 Å². The lowest BCUT2D eigenvalue weighted by Crippen LogP contribution is -2.40. The number of fused-ring (bicyclic) bond motifs is 1. The number of aromatic carboxylic acids is 1. The average molecular weight is 566 g/mol. The first-order valence-corrected chi connectivity index (χ1v) is 13.0. The molecule has 0 aliphatic carbocycles. The molecule has 2 atom stereocenters. The number of benzene rings is 4. The van der Waals surface area contributed by atoms with Crippen LogP contribution in [0.3, 0.4) is 0 Å². The van der Waals surface area contributed by atoms with E-state index in [0.717, 1.165) is 27.9 Å². The van der Waals surface area contributed by atoms with Crippen LogP contribution in [0.5, 0.6) is 5.75 Å². The first kappa shape index (κ1) is 28.2. The first-order chi connectivity index (χ1) is 19.6. The topological polar surface area (TPSA) is 70.0 Å². The summed E-state index contributed by atoms with van der Waals surface area (Å²) in [7, 11) is 0. The van der Waals surface area contributed by atoms with Gasteiger partial charge in [0.15, 0.2) is 0 Å². The minimum absolute atomic E-state index is 0.0445. The number of alkyl halides is 4. The Morgan fingerprint density at radius 3 is 2.37 bits per heavy atom. The molecule has 4 aromatic rings. The number of β-amino-alcohol motifs (C(OH)–C–C–N with tert-alkyl or cyclic N) is 1. The van der Waals surface area contributed by atoms with Gasteiger partial charge in [0.2, 0.25) is 0 Å². The Hall–Kier alpha value is -4.37. The van der Waals surface area contributed by atoms with Crippen LogP contribution < -0.4 is 9.64 Å². The molecule has 0 bridgehead atoms. The van der Waals surface area contributed by atoms with Crippen LogP contribution in [-0.2, 0) is 11.8 Å². The van der Waals surface area contributed by atoms with E-state index in [1.807, 2.05) is 53.4 Å². The number of rotatable bonds is 9. The van der Waals surface area contributed by atoms with Gasteiger partial charge >= 0.3 is 12.3 Å². The Morgan fingerprint density at radius 2 is 1.66 bits per heavy atom. The van der Waals surface area contributed by atoms with Crippen molar-refractivity contribution in [1.82, 2.24) is 0 Å². The molecule has 0 amide bonds. The number of hydrogen-bond donors (Lipinski definition) is 2. The van der Waals surface area contributed by atoms with E-state index in [1.165, 1.54) is 30.3 Å². The van der Waals surface area contributed by atoms with E-state index in [0.29, 0.717) is 18.5 Å². The lowest BCUT2D eigenvalue weighted by Gasteiger charge is -2.33. The van der Waals surface area contributed by atoms with Gasteiger partial charge in [0.25, 0.3) is 0 Å². The second kappa shape index (κ2) is 11.2. The minimum atomic E-state index is -4.83. The van der Waals surface area contributed by atoms with E-state index in [9.17, 15) is 32.6 Å². The zero-order valence-electron chi connectivity index (χ0n) is 21.8. The Morgan fingerprint density at radius 1 is 0.927 bits per heavy atom. The van der Waals surface area contributed by atoms with Crippen LogP contribution in [0.1, 0.15) is 27.0 Å². The molecule has 5 nitrogen and oxygen atoms in total. The number of aliphatic hydroxyl groups excluding tert-OH is 1. The van der Waals surface area contributed by atoms with Gasteiger partial charge < -0.3 is 19.8 Å². The predicted octanol–water partition coefficient (Wildman–Crippen LogP) is 6.63. The smallest absolute Gasteiger partial charge is 0.478 e. The van der Waals surface area contributed by atoms with Gasteiger partial charge in [-0.2, -0.15) is 0 Å². The monoisotopic (exact) mass is 565 g/mol. The van der Waals surface area contributed by atoms with Crippen molar-refractivity contribution in [2.24, 2.45) is 0 Å². The lowest BCUT2D eigenvalue weighted by atomic mass is 9.71. The highest BCUT2D eigenvalue weighted by molar-refractivity contribution is 5.88. The molecule has 0 radical (unpaired) electrons. The Kier molecular flexibility index (Phi) is 7.73. The molecule has 2 N–H and O–H groups in total. The molecular weight excluding hydrogens is 538 g/mol. The summed E-state index contributed by atoms with van der Waals surface area (Å²) in [5, 5.41) is 19.5. The van der Waals surface area contributed by atoms with Crippen molar-refractivity contribution in [3.8, 4) is 16.9 Å². The number of aliphatic hydroxyl groups is 1. The van der Waals surface area contributed by atoms with Crippen LogP contribution in [0.2, 0.25) is 0 Å². The number of nitrogens with zero attached hydrogens (tertiary/aromatic N) is 1. The maximum absolute atomic E-state index is 13.4. The molecule has 0 aromatic heterocycles. The molecule has 0 saturated heterocycles. The number of anilines is 1. The van der Waals surface area contributed by atoms with Crippen LogP contribution >= 0.6 is 0 Å². The molecule has 9 heteroatoms. The number of ether oxygens (including phenoxy) is 1. The van der Waals surface area contributed by atoms with Crippen molar-refractivity contribution in [2.75, 3.05) is 24.7 Å². The summed E-state index contributed by atoms with van der Waals surface area (Å²) in [6.07, 6.45) is -5.75. The molecule has 212 valence electrons. The fourth-order valence-electron chi connectivity index (χ4n) is 5.62. The van der Waals surface area contributed by atoms with Crippen LogP contribution in [0.4, 0.5) is 23.2 Å². The number of para-hydroxylation sites is 1. The third-order valence-electron chi connectivity index (χ3n) is 7.35. The summed E-state index contributed by atoms with van der Waals surface area (Å²) in [6.45, 7) is -0.525. The zero-order valence-corrected chi connectivity index (χ0v) is 21.8. The van der Waals surface area contributed by atoms with E-state index in [4.69, 9.17) is 0 Å². The SMILES string of the molecule is O=C(O)c1ccc(-c2cccc(C3(Cc4cccc(OC(F)(F)F)c4)CN(C[C@@H](O)CF)c4ccccc43)c2)cc1. The van der Waals surface area contributed by atoms with Gasteiger partial charge in [0.1, 0.15) is 12.4 Å². The van der Waals surface area contributed by atoms with E-state index in [1.54, 1.807) is 18.2 Å². The van der Waals surface area contributed by atoms with E-state index in [2.05, 4.69) is 4.74 Å². The lowest BCUT2D eigenvalue weighted by molar-refractivity contribution is -0.274. The van der Waals surface area contributed by atoms with Crippen LogP contribution in [0, 0.1) is 0 Å². The van der Waals surface area contributed by atoms with Crippen LogP contribution in [-0.4, -0.2) is 48.4 Å². The highest BCUT2D eigenvalue weighted by Gasteiger charge is 2.44. The van der Waals surface area contributed by atoms with E-state index < -0.39 is 30.5 Å². The van der Waals surface area contributed by atoms with Crippen molar-refractivity contribution >= 4 is 11.7 Å². The van der Waals surface area contributed by atoms with Crippen LogP contribution in [0.15, 0.2) is 97.1 Å². The molecule has 0 saturated carbocycles. The van der Waals surface area contributed by atoms with Gasteiger partial charge in [-0.3, -0.25) is 0 Å². The molecule has 1 aliphatic heterocycles. The molecule has 4 aromatic carbocycles. The molecule has 41 heavy (non-hydrogen) atoms. The third kappa shape index (κ3) is 6.05. The molecule has 0 spiro atoms. The van der Waals surface area contributed by atoms with E-state index in [-0.39, 0.29) is 17.9 Å². The van der Waals surface area contributed by atoms with Crippen molar-refractivity contribution < 1.29 is 37.3 Å². The fraction of sp³-hybridized carbons (Fsp3) is 0.219. The van der Waals surface area contributed by atoms with Gasteiger partial charge in [-0.1, -0.05) is 66.7 Å². The summed E-state index contributed by atoms with van der Waals surface area (Å²) in [4.78, 5) is 13.2. The normalized spacial score (nSPS) is 17.2. The first-order valence-electron chi connectivity index (χ1n) is 13.0. The maximum Gasteiger partial charge on any atom is 0.573 e. The standard InChI is InChI=1S/C32H27F4NO4/c33-18-26(38)19-37-20-31(28-9-1-2-10-29(28)37,17-21-5-3-8-27(15-21)41-32(34,35)36)25-7-4-6-24(16-25)22-11-13-23(14-12-22)30(39)40/h1-16,26,38H,17-20H2,(H,39,40)/t26-,31?/m0/s1. The molecule has 1 unspecified atom stereocenters. The number of halogens is 4. The Labute approximate surface area is 234 Å². The molecule has 1 aliphatic rings.